The number of nitrogens with one attached hydrogen (secondary N) is 1. The molecule has 1 unspecified atom stereocenters. The van der Waals surface area contributed by atoms with E-state index in [1.54, 1.807) is 0 Å². The van der Waals surface area contributed by atoms with Crippen LogP contribution in [-0.2, 0) is 9.53 Å². The summed E-state index contributed by atoms with van der Waals surface area (Å²) in [6.07, 6.45) is 0. The Hall–Kier alpha value is -0.570. The molecule has 0 spiro atoms. The van der Waals surface area contributed by atoms with Crippen molar-refractivity contribution in [3.8, 4) is 0 Å². The van der Waals surface area contributed by atoms with Gasteiger partial charge in [0.1, 0.15) is 0 Å². The van der Waals surface area contributed by atoms with Gasteiger partial charge in [-0.1, -0.05) is 6.92 Å². The molecule has 0 aromatic heterocycles. The Morgan fingerprint density at radius 3 is 3.33 bits per heavy atom. The first-order chi connectivity index (χ1) is 4.30. The smallest absolute Gasteiger partial charge is 0.225 e. The van der Waals surface area contributed by atoms with Crippen LogP contribution in [0, 0.1) is 5.92 Å². The molecule has 0 aromatic rings. The summed E-state index contributed by atoms with van der Waals surface area (Å²) < 4.78 is 5.09. The van der Waals surface area contributed by atoms with Gasteiger partial charge < -0.3 is 10.1 Å². The minimum Gasteiger partial charge on any atom is -0.379 e. The molecular weight excluding hydrogens is 118 g/mol. The Morgan fingerprint density at radius 1 is 1.78 bits per heavy atom. The molecule has 1 aliphatic heterocycles. The number of hydrogen-bond donors (Lipinski definition) is 1. The van der Waals surface area contributed by atoms with Crippen LogP contribution < -0.4 is 5.32 Å². The first-order valence-corrected chi connectivity index (χ1v) is 3.16. The van der Waals surface area contributed by atoms with Crippen molar-refractivity contribution < 1.29 is 9.53 Å². The van der Waals surface area contributed by atoms with Crippen molar-refractivity contribution in [3.63, 3.8) is 0 Å². The van der Waals surface area contributed by atoms with Crippen molar-refractivity contribution >= 4 is 5.91 Å². The Labute approximate surface area is 54.4 Å². The second-order valence-corrected chi connectivity index (χ2v) is 2.27. The lowest BCUT2D eigenvalue weighted by atomic mass is 10.2. The van der Waals surface area contributed by atoms with Crippen LogP contribution >= 0.6 is 0 Å². The first-order valence-electron chi connectivity index (χ1n) is 3.16. The Bertz CT molecular complexity index is 114. The molecule has 1 heterocycles. The van der Waals surface area contributed by atoms with Gasteiger partial charge in [-0.3, -0.25) is 4.79 Å². The monoisotopic (exact) mass is 129 g/mol. The zero-order valence-electron chi connectivity index (χ0n) is 5.52. The van der Waals surface area contributed by atoms with Gasteiger partial charge in [-0.05, 0) is 0 Å². The summed E-state index contributed by atoms with van der Waals surface area (Å²) in [4.78, 5) is 10.8. The Kier molecular flexibility index (Phi) is 2.05. The van der Waals surface area contributed by atoms with Crippen LogP contribution in [0.1, 0.15) is 6.92 Å². The van der Waals surface area contributed by atoms with E-state index in [-0.39, 0.29) is 11.8 Å². The molecule has 0 aliphatic carbocycles. The van der Waals surface area contributed by atoms with Gasteiger partial charge in [0.05, 0.1) is 19.1 Å². The van der Waals surface area contributed by atoms with Gasteiger partial charge in [0.25, 0.3) is 0 Å². The number of carbonyl (C=O) groups excluding carboxylic acids is 1. The highest BCUT2D eigenvalue weighted by Crippen LogP contribution is 1.97. The van der Waals surface area contributed by atoms with Gasteiger partial charge in [0.2, 0.25) is 5.91 Å². The van der Waals surface area contributed by atoms with E-state index in [1.807, 2.05) is 6.92 Å². The molecule has 1 atom stereocenters. The van der Waals surface area contributed by atoms with Crippen molar-refractivity contribution in [1.82, 2.24) is 5.32 Å². The summed E-state index contributed by atoms with van der Waals surface area (Å²) >= 11 is 0. The Morgan fingerprint density at radius 2 is 2.56 bits per heavy atom. The third-order valence-corrected chi connectivity index (χ3v) is 1.36. The van der Waals surface area contributed by atoms with Gasteiger partial charge in [0, 0.05) is 6.54 Å². The number of carbonyl (C=O) groups is 1. The molecule has 1 saturated heterocycles. The minimum absolute atomic E-state index is 0.0208. The SMILES string of the molecule is CC1COCCNC1=O. The van der Waals surface area contributed by atoms with Crippen LogP contribution in [-0.4, -0.2) is 25.7 Å². The predicted octanol–water partition coefficient (Wildman–Crippen LogP) is -0.231. The van der Waals surface area contributed by atoms with Crippen molar-refractivity contribution in [1.29, 1.82) is 0 Å². The number of ether oxygens (including phenoxy) is 1. The molecule has 52 valence electrons. The molecule has 0 radical (unpaired) electrons. The molecule has 0 bridgehead atoms. The third-order valence-electron chi connectivity index (χ3n) is 1.36. The van der Waals surface area contributed by atoms with E-state index >= 15 is 0 Å². The minimum atomic E-state index is 0.0208. The molecule has 0 saturated carbocycles. The van der Waals surface area contributed by atoms with Crippen LogP contribution in [0.4, 0.5) is 0 Å². The van der Waals surface area contributed by atoms with Crippen LogP contribution in [0.3, 0.4) is 0 Å². The summed E-state index contributed by atoms with van der Waals surface area (Å²) in [5.41, 5.74) is 0. The van der Waals surface area contributed by atoms with Crippen LogP contribution in [0.2, 0.25) is 0 Å². The molecule has 1 N–H and O–H groups in total. The highest BCUT2D eigenvalue weighted by Gasteiger charge is 2.14. The van der Waals surface area contributed by atoms with Gasteiger partial charge in [-0.15, -0.1) is 0 Å². The molecule has 1 rings (SSSR count). The van der Waals surface area contributed by atoms with E-state index in [2.05, 4.69) is 5.32 Å². The predicted molar refractivity (Wildman–Crippen MR) is 33.0 cm³/mol. The van der Waals surface area contributed by atoms with Crippen LogP contribution in [0.5, 0.6) is 0 Å². The summed E-state index contributed by atoms with van der Waals surface area (Å²) in [6.45, 7) is 3.73. The van der Waals surface area contributed by atoms with Gasteiger partial charge in [0.15, 0.2) is 0 Å². The highest BCUT2D eigenvalue weighted by molar-refractivity contribution is 5.78. The fourth-order valence-electron chi connectivity index (χ4n) is 0.756. The molecule has 9 heavy (non-hydrogen) atoms. The highest BCUT2D eigenvalue weighted by atomic mass is 16.5. The van der Waals surface area contributed by atoms with E-state index in [1.165, 1.54) is 0 Å². The zero-order chi connectivity index (χ0) is 6.69. The van der Waals surface area contributed by atoms with Crippen molar-refractivity contribution in [2.75, 3.05) is 19.8 Å². The lowest BCUT2D eigenvalue weighted by Gasteiger charge is -2.02. The largest absolute Gasteiger partial charge is 0.379 e. The average Bonchev–Trinajstić information content (AvgIpc) is 1.99. The van der Waals surface area contributed by atoms with Gasteiger partial charge in [-0.25, -0.2) is 0 Å². The number of hydrogen-bond acceptors (Lipinski definition) is 2. The summed E-state index contributed by atoms with van der Waals surface area (Å²) in [5, 5.41) is 2.73. The third kappa shape index (κ3) is 1.68. The maximum atomic E-state index is 10.8. The van der Waals surface area contributed by atoms with E-state index in [4.69, 9.17) is 4.74 Å². The summed E-state index contributed by atoms with van der Waals surface area (Å²) in [7, 11) is 0. The second-order valence-electron chi connectivity index (χ2n) is 2.27. The van der Waals surface area contributed by atoms with Crippen molar-refractivity contribution in [2.24, 2.45) is 5.92 Å². The summed E-state index contributed by atoms with van der Waals surface area (Å²) in [6, 6.07) is 0. The van der Waals surface area contributed by atoms with E-state index in [0.717, 1.165) is 0 Å². The molecule has 3 heteroatoms. The maximum Gasteiger partial charge on any atom is 0.225 e. The van der Waals surface area contributed by atoms with Crippen LogP contribution in [0.15, 0.2) is 0 Å². The fourth-order valence-corrected chi connectivity index (χ4v) is 0.756. The maximum absolute atomic E-state index is 10.8. The normalized spacial score (nSPS) is 29.0. The lowest BCUT2D eigenvalue weighted by molar-refractivity contribution is -0.124. The van der Waals surface area contributed by atoms with Gasteiger partial charge in [-0.2, -0.15) is 0 Å². The average molecular weight is 129 g/mol. The van der Waals surface area contributed by atoms with Crippen molar-refractivity contribution in [3.05, 3.63) is 0 Å². The molecular formula is C6H11NO2. The summed E-state index contributed by atoms with van der Waals surface area (Å²) in [5.74, 6) is 0.125. The van der Waals surface area contributed by atoms with Crippen LogP contribution in [0.25, 0.3) is 0 Å². The molecule has 1 fully saturated rings. The molecule has 1 amide bonds. The quantitative estimate of drug-likeness (QED) is 0.490. The van der Waals surface area contributed by atoms with E-state index in [9.17, 15) is 4.79 Å². The topological polar surface area (TPSA) is 38.3 Å². The lowest BCUT2D eigenvalue weighted by Crippen LogP contribution is -2.28. The zero-order valence-corrected chi connectivity index (χ0v) is 5.52. The van der Waals surface area contributed by atoms with Gasteiger partial charge >= 0.3 is 0 Å². The second kappa shape index (κ2) is 2.82. The molecule has 0 aromatic carbocycles. The number of amides is 1. The number of rotatable bonds is 0. The fraction of sp³-hybridized carbons (Fsp3) is 0.833. The first kappa shape index (κ1) is 6.55. The molecule has 1 aliphatic rings. The molecule has 3 nitrogen and oxygen atoms in total. The van der Waals surface area contributed by atoms with Crippen molar-refractivity contribution in [2.45, 2.75) is 6.92 Å². The van der Waals surface area contributed by atoms with E-state index < -0.39 is 0 Å². The standard InChI is InChI=1S/C6H11NO2/c1-5-4-9-3-2-7-6(5)8/h5H,2-4H2,1H3,(H,7,8). The Balaban J connectivity index is 2.41. The van der Waals surface area contributed by atoms with E-state index in [0.29, 0.717) is 19.8 Å².